The van der Waals surface area contributed by atoms with Gasteiger partial charge in [0.25, 0.3) is 21.6 Å². The van der Waals surface area contributed by atoms with Gasteiger partial charge >= 0.3 is 0 Å². The van der Waals surface area contributed by atoms with Crippen LogP contribution >= 0.6 is 0 Å². The topological polar surface area (TPSA) is 205 Å². The fourth-order valence-corrected chi connectivity index (χ4v) is 13.9. The van der Waals surface area contributed by atoms with Crippen LogP contribution in [0.1, 0.15) is 98.2 Å². The minimum Gasteiger partial charge on any atom is -0.489 e. The number of anilines is 4. The number of hydrogen-bond acceptors (Lipinski definition) is 14. The van der Waals surface area contributed by atoms with Gasteiger partial charge in [-0.1, -0.05) is 24.3 Å². The summed E-state index contributed by atoms with van der Waals surface area (Å²) in [6.45, 7) is 5.83. The Kier molecular flexibility index (Phi) is 11.4. The van der Waals surface area contributed by atoms with Crippen molar-refractivity contribution >= 4 is 55.4 Å². The highest BCUT2D eigenvalue weighted by molar-refractivity contribution is 7.90. The fourth-order valence-electron chi connectivity index (χ4n) is 12.9. The molecule has 5 fully saturated rings. The van der Waals surface area contributed by atoms with Crippen molar-refractivity contribution in [1.82, 2.24) is 19.6 Å². The molecule has 1 amide bonds. The molecule has 18 heteroatoms. The van der Waals surface area contributed by atoms with Crippen LogP contribution in [0.25, 0.3) is 11.0 Å². The molecule has 3 saturated heterocycles. The van der Waals surface area contributed by atoms with Gasteiger partial charge in [-0.3, -0.25) is 19.8 Å². The number of likely N-dealkylation sites (tertiary alicyclic amines) is 1. The number of aromatic amines is 1. The summed E-state index contributed by atoms with van der Waals surface area (Å²) >= 11 is 0. The molecule has 17 nitrogen and oxygen atoms in total. The fraction of sp³-hybridized carbons (Fsp3) is 0.500. The number of rotatable bonds is 10. The van der Waals surface area contributed by atoms with Gasteiger partial charge in [0.05, 0.1) is 52.5 Å². The summed E-state index contributed by atoms with van der Waals surface area (Å²) in [7, 11) is -4.69. The summed E-state index contributed by atoms with van der Waals surface area (Å²) in [5.41, 5.74) is 5.48. The number of nitrogens with zero attached hydrogens (tertiary/aromatic N) is 5. The molecule has 0 unspecified atom stereocenters. The third-order valence-corrected chi connectivity index (χ3v) is 18.0. The Bertz CT molecular complexity index is 2960. The largest absolute Gasteiger partial charge is 0.489 e. The number of aryl methyl sites for hydroxylation is 1. The lowest BCUT2D eigenvalue weighted by Gasteiger charge is -2.56. The SMILES string of the molecule is Cc1ccccc1[C@@H]1CCCN1C1CC2(CCN(c3ccc(C(=O)NS(=O)(=O)c4cc5c(c([N+](=O)[O-])c4)N[C@@H](CC4CCC(O)CC4)CO5)c(N4c5cc6cc[nH]c6nc5O[C@@H]5COC[C@H]54)c3)CC2)C1. The number of aliphatic hydroxyl groups is 1. The van der Waals surface area contributed by atoms with E-state index in [4.69, 9.17) is 19.2 Å². The molecule has 368 valence electrons. The molecule has 2 aliphatic carbocycles. The second-order valence-corrected chi connectivity index (χ2v) is 22.6. The molecule has 12 rings (SSSR count). The standard InChI is InChI=1S/C52H60N8O9S/c1-31-5-2-3-6-39(31)41-7-4-18-58(41)36-26-52(27-36)15-19-57(20-16-52)35-10-13-40(42(23-35)59-44-22-33-14-17-53-49(33)55-51(44)69-47-30-67-29-45(47)59)50(62)56-70(65,66)38-24-43(60(63)64)48-46(25-38)68-28-34(54-48)21-32-8-11-37(61)12-9-32/h2-3,5-6,10,13-14,17,22-25,32,34,36-37,41,45,47,54,61H,4,7-9,11-12,15-16,18-21,26-30H2,1H3,(H,53,55)(H,56,62)/t32?,34-,37?,41-,45+,47+/m0/s1. The molecule has 3 aromatic carbocycles. The summed E-state index contributed by atoms with van der Waals surface area (Å²) in [6.07, 6.45) is 11.8. The van der Waals surface area contributed by atoms with E-state index in [9.17, 15) is 28.4 Å². The summed E-state index contributed by atoms with van der Waals surface area (Å²) < 4.78 is 49.3. The number of nitro benzene ring substituents is 1. The highest BCUT2D eigenvalue weighted by Crippen LogP contribution is 2.55. The monoisotopic (exact) mass is 972 g/mol. The van der Waals surface area contributed by atoms with E-state index in [-0.39, 0.29) is 47.2 Å². The van der Waals surface area contributed by atoms with E-state index in [0.29, 0.717) is 73.4 Å². The van der Waals surface area contributed by atoms with Crippen LogP contribution in [0.3, 0.4) is 0 Å². The van der Waals surface area contributed by atoms with Crippen LogP contribution in [0.15, 0.2) is 77.8 Å². The van der Waals surface area contributed by atoms with Gasteiger partial charge in [0.2, 0.25) is 5.88 Å². The Morgan fingerprint density at radius 2 is 1.79 bits per heavy atom. The van der Waals surface area contributed by atoms with Crippen LogP contribution in [0.2, 0.25) is 0 Å². The minimum absolute atomic E-state index is 0.0198. The number of nitrogens with one attached hydrogen (secondary N) is 3. The Morgan fingerprint density at radius 3 is 2.59 bits per heavy atom. The van der Waals surface area contributed by atoms with Gasteiger partial charge in [-0.05, 0) is 137 Å². The molecular formula is C52H60N8O9S. The maximum atomic E-state index is 14.7. The van der Waals surface area contributed by atoms with E-state index >= 15 is 0 Å². The van der Waals surface area contributed by atoms with Crippen molar-refractivity contribution < 1.29 is 37.5 Å². The number of aliphatic hydroxyl groups excluding tert-OH is 1. The first kappa shape index (κ1) is 45.2. The van der Waals surface area contributed by atoms with Crippen LogP contribution in [0.4, 0.5) is 28.4 Å². The molecular weight excluding hydrogens is 913 g/mol. The lowest BCUT2D eigenvalue weighted by Crippen LogP contribution is -2.55. The van der Waals surface area contributed by atoms with Crippen LogP contribution in [-0.2, 0) is 14.8 Å². The zero-order chi connectivity index (χ0) is 47.9. The molecule has 7 aliphatic rings. The molecule has 0 bridgehead atoms. The summed E-state index contributed by atoms with van der Waals surface area (Å²) in [4.78, 5) is 41.3. The van der Waals surface area contributed by atoms with Gasteiger partial charge in [0.15, 0.2) is 11.4 Å². The molecule has 1 spiro atoms. The quantitative estimate of drug-likeness (QED) is 0.0777. The first-order valence-corrected chi connectivity index (χ1v) is 26.6. The van der Waals surface area contributed by atoms with Gasteiger partial charge in [0.1, 0.15) is 24.0 Å². The highest BCUT2D eigenvalue weighted by Gasteiger charge is 2.50. The molecule has 4 N–H and O–H groups in total. The van der Waals surface area contributed by atoms with E-state index in [1.165, 1.54) is 42.9 Å². The number of ether oxygens (including phenoxy) is 3. The molecule has 2 saturated carbocycles. The van der Waals surface area contributed by atoms with Crippen molar-refractivity contribution in [3.63, 3.8) is 0 Å². The van der Waals surface area contributed by atoms with Crippen molar-refractivity contribution in [2.75, 3.05) is 54.6 Å². The molecule has 2 aromatic heterocycles. The number of amides is 1. The lowest BCUT2D eigenvalue weighted by molar-refractivity contribution is -0.384. The van der Waals surface area contributed by atoms with Crippen LogP contribution in [0.5, 0.6) is 11.6 Å². The number of hydrogen-bond donors (Lipinski definition) is 4. The number of benzene rings is 3. The Balaban J connectivity index is 0.824. The van der Waals surface area contributed by atoms with Gasteiger partial charge < -0.3 is 39.4 Å². The van der Waals surface area contributed by atoms with Crippen molar-refractivity contribution in [3.05, 3.63) is 99.7 Å². The van der Waals surface area contributed by atoms with E-state index in [0.717, 1.165) is 62.5 Å². The van der Waals surface area contributed by atoms with E-state index in [2.05, 4.69) is 56.0 Å². The number of pyridine rings is 1. The van der Waals surface area contributed by atoms with Crippen LogP contribution in [0, 0.1) is 28.4 Å². The molecule has 7 heterocycles. The van der Waals surface area contributed by atoms with E-state index < -0.39 is 37.5 Å². The maximum absolute atomic E-state index is 14.7. The van der Waals surface area contributed by atoms with Gasteiger partial charge in [-0.15, -0.1) is 0 Å². The van der Waals surface area contributed by atoms with Crippen molar-refractivity contribution in [2.45, 2.75) is 119 Å². The Labute approximate surface area is 407 Å². The second kappa shape index (κ2) is 17.7. The van der Waals surface area contributed by atoms with E-state index in [1.54, 1.807) is 12.3 Å². The third kappa shape index (κ3) is 8.19. The van der Waals surface area contributed by atoms with Gasteiger partial charge in [0, 0.05) is 54.6 Å². The first-order valence-electron chi connectivity index (χ1n) is 25.1. The van der Waals surface area contributed by atoms with Crippen LogP contribution in [-0.4, -0.2) is 109 Å². The van der Waals surface area contributed by atoms with Gasteiger partial charge in [-0.2, -0.15) is 4.98 Å². The zero-order valence-corrected chi connectivity index (χ0v) is 40.2. The van der Waals surface area contributed by atoms with Crippen molar-refractivity contribution in [2.24, 2.45) is 11.3 Å². The average Bonchev–Trinajstić information content (AvgIpc) is 4.14. The Morgan fingerprint density at radius 1 is 0.971 bits per heavy atom. The van der Waals surface area contributed by atoms with Crippen LogP contribution < -0.4 is 29.3 Å². The molecule has 70 heavy (non-hydrogen) atoms. The Hall–Kier alpha value is -5.95. The number of sulfonamides is 1. The summed E-state index contributed by atoms with van der Waals surface area (Å²) in [6, 6.07) is 20.9. The molecule has 5 aromatic rings. The predicted octanol–water partition coefficient (Wildman–Crippen LogP) is 7.90. The number of piperidine rings is 1. The molecule has 5 aliphatic heterocycles. The number of aromatic nitrogens is 2. The third-order valence-electron chi connectivity index (χ3n) is 16.7. The average molecular weight is 973 g/mol. The second-order valence-electron chi connectivity index (χ2n) is 20.9. The van der Waals surface area contributed by atoms with Gasteiger partial charge in [-0.25, -0.2) is 13.1 Å². The summed E-state index contributed by atoms with van der Waals surface area (Å²) in [5.74, 6) is -0.190. The maximum Gasteiger partial charge on any atom is 0.297 e. The lowest BCUT2D eigenvalue weighted by atomic mass is 9.59. The smallest absolute Gasteiger partial charge is 0.297 e. The number of fused-ring (bicyclic) bond motifs is 4. The minimum atomic E-state index is -4.69. The highest BCUT2D eigenvalue weighted by atomic mass is 32.2. The van der Waals surface area contributed by atoms with E-state index in [1.807, 2.05) is 29.2 Å². The molecule has 0 radical (unpaired) electrons. The zero-order valence-electron chi connectivity index (χ0n) is 39.3. The number of carbonyl (C=O) groups excluding carboxylic acids is 1. The van der Waals surface area contributed by atoms with Crippen molar-refractivity contribution in [3.8, 4) is 11.6 Å². The summed E-state index contributed by atoms with van der Waals surface area (Å²) in [5, 5.41) is 26.6. The number of nitro groups is 1. The predicted molar refractivity (Wildman–Crippen MR) is 264 cm³/mol. The normalized spacial score (nSPS) is 26.4. The number of H-pyrrole nitrogens is 1. The first-order chi connectivity index (χ1) is 33.9. The molecule has 4 atom stereocenters. The number of carbonyl (C=O) groups is 1. The van der Waals surface area contributed by atoms with Crippen molar-refractivity contribution in [1.29, 1.82) is 0 Å².